The topological polar surface area (TPSA) is 107 Å². The molecule has 0 aliphatic rings. The van der Waals surface area contributed by atoms with Crippen LogP contribution in [0.15, 0.2) is 36.4 Å². The van der Waals surface area contributed by atoms with Crippen molar-refractivity contribution < 1.29 is 42.3 Å². The van der Waals surface area contributed by atoms with E-state index in [1.54, 1.807) is 6.07 Å². The van der Waals surface area contributed by atoms with Gasteiger partial charge in [-0.25, -0.2) is 0 Å². The lowest BCUT2D eigenvalue weighted by Gasteiger charge is -2.29. The number of amides is 1. The smallest absolute Gasteiger partial charge is 0.430 e. The van der Waals surface area contributed by atoms with Crippen LogP contribution in [0.2, 0.25) is 0 Å². The monoisotopic (exact) mass is 554 g/mol. The van der Waals surface area contributed by atoms with Gasteiger partial charge in [-0.05, 0) is 42.7 Å². The summed E-state index contributed by atoms with van der Waals surface area (Å²) < 4.78 is 32.1. The maximum absolute atomic E-state index is 12.6. The molecule has 7 nitrogen and oxygen atoms in total. The number of benzene rings is 1. The Balaban J connectivity index is 0.000000905. The van der Waals surface area contributed by atoms with E-state index in [1.807, 2.05) is 39.3 Å². The quantitative estimate of drug-likeness (QED) is 0.266. The Morgan fingerprint density at radius 3 is 2.16 bits per heavy atom. The van der Waals surface area contributed by atoms with Gasteiger partial charge in [0.1, 0.15) is 5.97 Å². The molecule has 0 aliphatic carbocycles. The van der Waals surface area contributed by atoms with E-state index < -0.39 is 24.2 Å². The van der Waals surface area contributed by atoms with Crippen LogP contribution in [0.1, 0.15) is 58.3 Å². The highest BCUT2D eigenvalue weighted by Gasteiger charge is 2.29. The number of quaternary nitrogens is 1. The van der Waals surface area contributed by atoms with E-state index in [-0.39, 0.29) is 12.3 Å². The number of alkyl halides is 3. The molecule has 208 valence electrons. The summed E-state index contributed by atoms with van der Waals surface area (Å²) in [6.45, 7) is 2.74. The molecular formula is C27H33F3N2O5S. The molecule has 0 saturated carbocycles. The van der Waals surface area contributed by atoms with Crippen molar-refractivity contribution >= 4 is 29.2 Å². The molecule has 0 bridgehead atoms. The maximum Gasteiger partial charge on any atom is 0.430 e. The first-order valence-electron chi connectivity index (χ1n) is 11.9. The average molecular weight is 555 g/mol. The van der Waals surface area contributed by atoms with Gasteiger partial charge in [-0.2, -0.15) is 13.2 Å². The molecular weight excluding hydrogens is 521 g/mol. The van der Waals surface area contributed by atoms with Crippen molar-refractivity contribution in [1.82, 2.24) is 5.32 Å². The van der Waals surface area contributed by atoms with Gasteiger partial charge < -0.3 is 24.8 Å². The van der Waals surface area contributed by atoms with Crippen LogP contribution in [0.3, 0.4) is 0 Å². The molecule has 1 aromatic carbocycles. The largest absolute Gasteiger partial charge is 0.542 e. The summed E-state index contributed by atoms with van der Waals surface area (Å²) in [7, 11) is 5.91. The summed E-state index contributed by atoms with van der Waals surface area (Å²) in [5.41, 5.74) is 2.28. The van der Waals surface area contributed by atoms with Crippen molar-refractivity contribution in [2.24, 2.45) is 0 Å². The number of hydrogen-bond acceptors (Lipinski definition) is 5. The SMILES string of the molecule is CCCCCc1ccc(C#Cc2ccc(C(=O)NC(CC(=O)O)C[N+](C)(C)C)s2)cc1.O=C([O-])C(F)(F)F. The second kappa shape index (κ2) is 15.1. The molecule has 1 atom stereocenters. The minimum atomic E-state index is -5.19. The number of nitrogens with one attached hydrogen (secondary N) is 1. The second-order valence-corrected chi connectivity index (χ2v) is 10.7. The Hall–Kier alpha value is -3.36. The van der Waals surface area contributed by atoms with Crippen LogP contribution in [0.5, 0.6) is 0 Å². The van der Waals surface area contributed by atoms with Crippen molar-refractivity contribution in [3.05, 3.63) is 57.3 Å². The zero-order chi connectivity index (χ0) is 28.9. The number of halogens is 3. The zero-order valence-electron chi connectivity index (χ0n) is 21.9. The van der Waals surface area contributed by atoms with Crippen LogP contribution in [0.25, 0.3) is 0 Å². The van der Waals surface area contributed by atoms with Gasteiger partial charge in [0.2, 0.25) is 0 Å². The fourth-order valence-electron chi connectivity index (χ4n) is 3.28. The molecule has 0 radical (unpaired) electrons. The molecule has 1 heterocycles. The van der Waals surface area contributed by atoms with Gasteiger partial charge in [-0.15, -0.1) is 11.3 Å². The third-order valence-electron chi connectivity index (χ3n) is 4.94. The number of aryl methyl sites for hydroxylation is 1. The van der Waals surface area contributed by atoms with Crippen LogP contribution in [0, 0.1) is 11.8 Å². The van der Waals surface area contributed by atoms with Gasteiger partial charge >= 0.3 is 12.1 Å². The van der Waals surface area contributed by atoms with E-state index >= 15 is 0 Å². The lowest BCUT2D eigenvalue weighted by atomic mass is 10.1. The normalized spacial score (nSPS) is 11.9. The first-order chi connectivity index (χ1) is 17.6. The zero-order valence-corrected chi connectivity index (χ0v) is 22.7. The van der Waals surface area contributed by atoms with E-state index in [4.69, 9.17) is 15.0 Å². The van der Waals surface area contributed by atoms with Crippen LogP contribution >= 0.6 is 11.3 Å². The predicted octanol–water partition coefficient (Wildman–Crippen LogP) is 3.46. The van der Waals surface area contributed by atoms with Gasteiger partial charge in [0, 0.05) is 5.56 Å². The van der Waals surface area contributed by atoms with Crippen LogP contribution in [-0.4, -0.2) is 67.3 Å². The number of nitrogens with zero attached hydrogens (tertiary/aromatic N) is 1. The van der Waals surface area contributed by atoms with Gasteiger partial charge in [0.05, 0.1) is 49.9 Å². The standard InChI is InChI=1S/C25H32N2O3S.C2HF3O2/c1-5-6-7-8-19-9-11-20(12-10-19)13-14-22-15-16-23(31-22)25(30)26-21(17-24(28)29)18-27(2,3)4;3-2(4,5)1(6)7/h9-12,15-16,21H,5-8,17-18H2,1-4H3,(H-,26,28,29,30);(H,6,7). The van der Waals surface area contributed by atoms with Crippen molar-refractivity contribution in [2.75, 3.05) is 27.7 Å². The summed E-state index contributed by atoms with van der Waals surface area (Å²) in [5, 5.41) is 20.8. The molecule has 2 aromatic rings. The Kier molecular flexibility index (Phi) is 13.0. The van der Waals surface area contributed by atoms with Crippen molar-refractivity contribution in [3.63, 3.8) is 0 Å². The summed E-state index contributed by atoms with van der Waals surface area (Å²) in [4.78, 5) is 33.9. The number of carbonyl (C=O) groups is 3. The van der Waals surface area contributed by atoms with Crippen LogP contribution in [-0.2, 0) is 16.0 Å². The molecule has 0 spiro atoms. The predicted molar refractivity (Wildman–Crippen MR) is 137 cm³/mol. The number of carboxylic acids is 2. The molecule has 0 fully saturated rings. The van der Waals surface area contributed by atoms with E-state index in [9.17, 15) is 22.8 Å². The summed E-state index contributed by atoms with van der Waals surface area (Å²) in [6, 6.07) is 11.5. The van der Waals surface area contributed by atoms with Crippen molar-refractivity contribution in [3.8, 4) is 11.8 Å². The maximum atomic E-state index is 12.6. The van der Waals surface area contributed by atoms with Gasteiger partial charge in [0.25, 0.3) is 5.91 Å². The molecule has 2 rings (SSSR count). The Morgan fingerprint density at radius 1 is 1.05 bits per heavy atom. The summed E-state index contributed by atoms with van der Waals surface area (Å²) in [6.07, 6.45) is -0.512. The first kappa shape index (κ1) is 32.7. The number of thiophene rings is 1. The number of aliphatic carboxylic acids is 2. The fraction of sp³-hybridized carbons (Fsp3) is 0.444. The van der Waals surface area contributed by atoms with Gasteiger partial charge in [-0.3, -0.25) is 9.59 Å². The average Bonchev–Trinajstić information content (AvgIpc) is 3.26. The minimum absolute atomic E-state index is 0.103. The molecule has 38 heavy (non-hydrogen) atoms. The third kappa shape index (κ3) is 13.8. The van der Waals surface area contributed by atoms with E-state index in [0.717, 1.165) is 16.9 Å². The number of unbranched alkanes of at least 4 members (excludes halogenated alkanes) is 2. The minimum Gasteiger partial charge on any atom is -0.542 e. The van der Waals surface area contributed by atoms with Gasteiger partial charge in [0.15, 0.2) is 0 Å². The summed E-state index contributed by atoms with van der Waals surface area (Å²) in [5.74, 6) is 2.09. The molecule has 11 heteroatoms. The molecule has 1 unspecified atom stereocenters. The number of carbonyl (C=O) groups excluding carboxylic acids is 2. The Bertz CT molecular complexity index is 1130. The number of rotatable bonds is 10. The highest BCUT2D eigenvalue weighted by atomic mass is 32.1. The number of likely N-dealkylation sites (N-methyl/N-ethyl adjacent to an activating group) is 1. The molecule has 0 aliphatic heterocycles. The van der Waals surface area contributed by atoms with E-state index in [1.165, 1.54) is 36.2 Å². The highest BCUT2D eigenvalue weighted by molar-refractivity contribution is 7.14. The fourth-order valence-corrected chi connectivity index (χ4v) is 4.05. The third-order valence-corrected chi connectivity index (χ3v) is 5.94. The highest BCUT2D eigenvalue weighted by Crippen LogP contribution is 2.17. The van der Waals surface area contributed by atoms with E-state index in [2.05, 4.69) is 36.2 Å². The summed E-state index contributed by atoms with van der Waals surface area (Å²) >= 11 is 1.32. The van der Waals surface area contributed by atoms with Crippen LogP contribution in [0.4, 0.5) is 13.2 Å². The first-order valence-corrected chi connectivity index (χ1v) is 12.7. The van der Waals surface area contributed by atoms with Crippen molar-refractivity contribution in [2.45, 2.75) is 51.2 Å². The Morgan fingerprint density at radius 2 is 1.66 bits per heavy atom. The lowest BCUT2D eigenvalue weighted by molar-refractivity contribution is -0.871. The molecule has 1 amide bonds. The lowest BCUT2D eigenvalue weighted by Crippen LogP contribution is -2.49. The second-order valence-electron chi connectivity index (χ2n) is 9.59. The van der Waals surface area contributed by atoms with Crippen LogP contribution < -0.4 is 10.4 Å². The van der Waals surface area contributed by atoms with E-state index in [0.29, 0.717) is 15.9 Å². The number of carboxylic acid groups (broad SMARTS) is 2. The van der Waals surface area contributed by atoms with Gasteiger partial charge in [-0.1, -0.05) is 43.7 Å². The molecule has 2 N–H and O–H groups in total. The molecule has 0 saturated heterocycles. The molecule has 1 aromatic heterocycles. The Labute approximate surface area is 224 Å². The van der Waals surface area contributed by atoms with Crippen molar-refractivity contribution in [1.29, 1.82) is 0 Å². The number of hydrogen-bond donors (Lipinski definition) is 2.